The van der Waals surface area contributed by atoms with Crippen LogP contribution in [0.5, 0.6) is 0 Å². The maximum absolute atomic E-state index is 11.6. The largest absolute Gasteiger partial charge is 0.481 e. The van der Waals surface area contributed by atoms with Gasteiger partial charge in [0.05, 0.1) is 5.92 Å². The molecule has 2 aliphatic rings. The molecule has 96 valence electrons. The second kappa shape index (κ2) is 3.89. The van der Waals surface area contributed by atoms with Gasteiger partial charge in [0.15, 0.2) is 0 Å². The van der Waals surface area contributed by atoms with E-state index in [9.17, 15) is 9.59 Å². The molecule has 2 aliphatic carbocycles. The molecule has 0 aromatic heterocycles. The third-order valence-corrected chi connectivity index (χ3v) is 3.49. The first-order chi connectivity index (χ1) is 7.79. The van der Waals surface area contributed by atoms with E-state index in [4.69, 9.17) is 9.84 Å². The maximum Gasteiger partial charge on any atom is 0.407 e. The number of carbonyl (C=O) groups excluding carboxylic acids is 1. The number of carboxylic acids is 1. The van der Waals surface area contributed by atoms with Crippen LogP contribution in [0.4, 0.5) is 4.79 Å². The van der Waals surface area contributed by atoms with Gasteiger partial charge in [0.2, 0.25) is 0 Å². The quantitative estimate of drug-likeness (QED) is 0.770. The smallest absolute Gasteiger partial charge is 0.407 e. The van der Waals surface area contributed by atoms with E-state index in [2.05, 4.69) is 5.32 Å². The van der Waals surface area contributed by atoms with Crippen LogP contribution >= 0.6 is 0 Å². The van der Waals surface area contributed by atoms with Gasteiger partial charge in [-0.2, -0.15) is 0 Å². The third-order valence-electron chi connectivity index (χ3n) is 3.49. The van der Waals surface area contributed by atoms with E-state index in [0.717, 1.165) is 12.8 Å². The van der Waals surface area contributed by atoms with Crippen molar-refractivity contribution >= 4 is 12.1 Å². The Morgan fingerprint density at radius 1 is 1.29 bits per heavy atom. The summed E-state index contributed by atoms with van der Waals surface area (Å²) in [5.74, 6) is -0.633. The Balaban J connectivity index is 1.85. The van der Waals surface area contributed by atoms with E-state index in [0.29, 0.717) is 0 Å². The molecular formula is C12H19NO4. The Labute approximate surface area is 101 Å². The normalized spacial score (nSPS) is 35.0. The van der Waals surface area contributed by atoms with Crippen LogP contribution < -0.4 is 5.32 Å². The van der Waals surface area contributed by atoms with Gasteiger partial charge in [-0.1, -0.05) is 0 Å². The number of ether oxygens (including phenoxy) is 1. The minimum atomic E-state index is -0.740. The zero-order chi connectivity index (χ0) is 12.8. The molecule has 0 bridgehead atoms. The number of hydrogen-bond acceptors (Lipinski definition) is 3. The van der Waals surface area contributed by atoms with Crippen LogP contribution in [0.2, 0.25) is 0 Å². The molecular weight excluding hydrogens is 222 g/mol. The summed E-state index contributed by atoms with van der Waals surface area (Å²) >= 11 is 0. The highest BCUT2D eigenvalue weighted by molar-refractivity contribution is 5.75. The van der Waals surface area contributed by atoms with Gasteiger partial charge in [-0.05, 0) is 45.4 Å². The lowest BCUT2D eigenvalue weighted by Crippen LogP contribution is -2.40. The topological polar surface area (TPSA) is 75.6 Å². The number of carboxylic acid groups (broad SMARTS) is 1. The van der Waals surface area contributed by atoms with Crippen molar-refractivity contribution in [3.63, 3.8) is 0 Å². The summed E-state index contributed by atoms with van der Waals surface area (Å²) in [6.07, 6.45) is 1.31. The van der Waals surface area contributed by atoms with Crippen LogP contribution in [0.15, 0.2) is 0 Å². The molecule has 5 heteroatoms. The van der Waals surface area contributed by atoms with Gasteiger partial charge in [-0.25, -0.2) is 4.79 Å². The molecule has 0 aromatic rings. The van der Waals surface area contributed by atoms with Gasteiger partial charge in [0.25, 0.3) is 0 Å². The fraction of sp³-hybridized carbons (Fsp3) is 0.833. The van der Waals surface area contributed by atoms with Gasteiger partial charge in [-0.15, -0.1) is 0 Å². The van der Waals surface area contributed by atoms with Crippen molar-refractivity contribution in [2.24, 2.45) is 17.8 Å². The monoisotopic (exact) mass is 241 g/mol. The zero-order valence-corrected chi connectivity index (χ0v) is 10.4. The first-order valence-electron chi connectivity index (χ1n) is 6.02. The van der Waals surface area contributed by atoms with Gasteiger partial charge in [0, 0.05) is 6.04 Å². The molecule has 2 fully saturated rings. The first-order valence-corrected chi connectivity index (χ1v) is 6.02. The lowest BCUT2D eigenvalue weighted by molar-refractivity contribution is -0.139. The number of hydrogen-bond donors (Lipinski definition) is 2. The number of alkyl carbamates (subject to hydrolysis) is 1. The highest BCUT2D eigenvalue weighted by Crippen LogP contribution is 2.57. The van der Waals surface area contributed by atoms with Crippen LogP contribution in [0.25, 0.3) is 0 Å². The second-order valence-corrected chi connectivity index (χ2v) is 5.94. The van der Waals surface area contributed by atoms with Crippen LogP contribution in [0.1, 0.15) is 33.6 Å². The third kappa shape index (κ3) is 2.53. The molecule has 5 nitrogen and oxygen atoms in total. The molecule has 0 saturated heterocycles. The number of nitrogens with one attached hydrogen (secondary N) is 1. The highest BCUT2D eigenvalue weighted by atomic mass is 16.6. The van der Waals surface area contributed by atoms with E-state index in [1.807, 2.05) is 0 Å². The summed E-state index contributed by atoms with van der Waals surface area (Å²) < 4.78 is 5.16. The van der Waals surface area contributed by atoms with Crippen molar-refractivity contribution in [3.05, 3.63) is 0 Å². The molecule has 2 rings (SSSR count). The lowest BCUT2D eigenvalue weighted by Gasteiger charge is -2.22. The molecule has 0 aromatic carbocycles. The Morgan fingerprint density at radius 2 is 1.94 bits per heavy atom. The Bertz CT molecular complexity index is 347. The van der Waals surface area contributed by atoms with Gasteiger partial charge in [-0.3, -0.25) is 4.79 Å². The van der Waals surface area contributed by atoms with E-state index in [1.54, 1.807) is 20.8 Å². The molecule has 0 aliphatic heterocycles. The van der Waals surface area contributed by atoms with Gasteiger partial charge < -0.3 is 15.2 Å². The summed E-state index contributed by atoms with van der Waals surface area (Å²) in [5, 5.41) is 11.7. The molecule has 2 saturated carbocycles. The van der Waals surface area contributed by atoms with Crippen molar-refractivity contribution in [2.45, 2.75) is 45.3 Å². The lowest BCUT2D eigenvalue weighted by atomic mass is 10.1. The average molecular weight is 241 g/mol. The average Bonchev–Trinajstić information content (AvgIpc) is 2.73. The predicted octanol–water partition coefficient (Wildman–Crippen LogP) is 1.62. The van der Waals surface area contributed by atoms with Crippen LogP contribution in [-0.2, 0) is 9.53 Å². The minimum Gasteiger partial charge on any atom is -0.481 e. The van der Waals surface area contributed by atoms with E-state index in [1.165, 1.54) is 0 Å². The predicted molar refractivity (Wildman–Crippen MR) is 60.5 cm³/mol. The number of amides is 1. The van der Waals surface area contributed by atoms with E-state index in [-0.39, 0.29) is 23.8 Å². The van der Waals surface area contributed by atoms with Crippen molar-refractivity contribution in [1.29, 1.82) is 0 Å². The maximum atomic E-state index is 11.6. The van der Waals surface area contributed by atoms with E-state index >= 15 is 0 Å². The number of fused-ring (bicyclic) bond motifs is 1. The van der Waals surface area contributed by atoms with Crippen molar-refractivity contribution in [2.75, 3.05) is 0 Å². The standard InChI is InChI=1S/C12H19NO4/c1-12(2,3)17-11(16)13-7-5-4-6-8(7)9(6)10(14)15/h6-9H,4-5H2,1-3H3,(H,13,16)(H,14,15)/t6-,7-,8-,9+/m1/s1. The van der Waals surface area contributed by atoms with Crippen LogP contribution in [-0.4, -0.2) is 28.8 Å². The second-order valence-electron chi connectivity index (χ2n) is 5.94. The van der Waals surface area contributed by atoms with Crippen molar-refractivity contribution in [3.8, 4) is 0 Å². The van der Waals surface area contributed by atoms with Crippen molar-refractivity contribution < 1.29 is 19.4 Å². The van der Waals surface area contributed by atoms with E-state index < -0.39 is 17.7 Å². The summed E-state index contributed by atoms with van der Waals surface area (Å²) in [5.41, 5.74) is -0.516. The molecule has 2 N–H and O–H groups in total. The molecule has 1 amide bonds. The number of rotatable bonds is 2. The molecule has 4 atom stereocenters. The SMILES string of the molecule is CC(C)(C)OC(=O)N[C@@H]1CC[C@H]2[C@H](C(=O)O)[C@H]21. The number of carbonyl (C=O) groups is 2. The fourth-order valence-corrected chi connectivity index (χ4v) is 2.86. The zero-order valence-electron chi connectivity index (χ0n) is 10.4. The molecule has 17 heavy (non-hydrogen) atoms. The summed E-state index contributed by atoms with van der Waals surface area (Å²) in [7, 11) is 0. The molecule has 0 unspecified atom stereocenters. The van der Waals surface area contributed by atoms with Gasteiger partial charge in [0.1, 0.15) is 5.60 Å². The van der Waals surface area contributed by atoms with Gasteiger partial charge >= 0.3 is 12.1 Å². The Morgan fingerprint density at radius 3 is 2.41 bits per heavy atom. The highest BCUT2D eigenvalue weighted by Gasteiger charge is 2.62. The Hall–Kier alpha value is -1.26. The van der Waals surface area contributed by atoms with Crippen molar-refractivity contribution in [1.82, 2.24) is 5.32 Å². The minimum absolute atomic E-state index is 0.0315. The van der Waals surface area contributed by atoms with Crippen LogP contribution in [0, 0.1) is 17.8 Å². The molecule has 0 radical (unpaired) electrons. The summed E-state index contributed by atoms with van der Waals surface area (Å²) in [4.78, 5) is 22.5. The summed E-state index contributed by atoms with van der Waals surface area (Å²) in [6, 6.07) is -0.0315. The summed E-state index contributed by atoms with van der Waals surface area (Å²) in [6.45, 7) is 5.42. The molecule has 0 heterocycles. The fourth-order valence-electron chi connectivity index (χ4n) is 2.86. The Kier molecular flexibility index (Phi) is 2.79. The number of aliphatic carboxylic acids is 1. The molecule has 0 spiro atoms. The first kappa shape index (κ1) is 12.2. The van der Waals surface area contributed by atoms with Crippen LogP contribution in [0.3, 0.4) is 0 Å².